The minimum atomic E-state index is -0.610. The number of nitrogens with one attached hydrogen (secondary N) is 1. The van der Waals surface area contributed by atoms with E-state index in [-0.39, 0.29) is 29.6 Å². The molecule has 1 atom stereocenters. The number of carbonyl (C=O) groups is 2. The highest BCUT2D eigenvalue weighted by Crippen LogP contribution is 2.29. The first-order chi connectivity index (χ1) is 13.4. The quantitative estimate of drug-likeness (QED) is 0.670. The average molecular weight is 411 g/mol. The summed E-state index contributed by atoms with van der Waals surface area (Å²) in [4.78, 5) is 25.6. The number of allylic oxidation sites excluding steroid dienone is 1. The molecule has 1 aromatic carbocycles. The number of hydrogen-bond acceptors (Lipinski definition) is 4. The number of hydrogen-bond donors (Lipinski definition) is 1. The first-order valence-electron chi connectivity index (χ1n) is 9.41. The number of benzene rings is 1. The van der Waals surface area contributed by atoms with E-state index in [1.165, 1.54) is 31.4 Å². The van der Waals surface area contributed by atoms with E-state index >= 15 is 0 Å². The Bertz CT molecular complexity index is 754. The van der Waals surface area contributed by atoms with Gasteiger partial charge in [-0.15, -0.1) is 0 Å². The Balaban J connectivity index is 1.34. The third-order valence-electron chi connectivity index (χ3n) is 5.00. The van der Waals surface area contributed by atoms with Crippen molar-refractivity contribution in [1.29, 1.82) is 0 Å². The van der Waals surface area contributed by atoms with Crippen LogP contribution < -0.4 is 10.1 Å². The summed E-state index contributed by atoms with van der Waals surface area (Å²) < 4.78 is 24.0. The van der Waals surface area contributed by atoms with E-state index in [1.807, 2.05) is 0 Å². The van der Waals surface area contributed by atoms with Crippen molar-refractivity contribution in [2.45, 2.75) is 38.2 Å². The molecule has 8 heteroatoms. The molecule has 6 nitrogen and oxygen atoms in total. The second-order valence-electron chi connectivity index (χ2n) is 7.26. The summed E-state index contributed by atoms with van der Waals surface area (Å²) in [6, 6.07) is 3.96. The van der Waals surface area contributed by atoms with Crippen LogP contribution in [0.25, 0.3) is 0 Å². The number of rotatable bonds is 9. The SMILES string of the molecule is C=C(CC[C@@H]1CN(CC2CCC2)C(=O)O1)NC(=O)COc1ccc(Cl)c(F)c1. The molecule has 1 saturated heterocycles. The topological polar surface area (TPSA) is 67.9 Å². The van der Waals surface area contributed by atoms with Crippen LogP contribution in [-0.2, 0) is 9.53 Å². The molecule has 152 valence electrons. The Labute approximate surface area is 168 Å². The minimum absolute atomic E-state index is 0.0101. The van der Waals surface area contributed by atoms with E-state index in [9.17, 15) is 14.0 Å². The first-order valence-corrected chi connectivity index (χ1v) is 9.79. The standard InChI is InChI=1S/C20H24ClFN2O4/c1-13(23-19(25)12-27-15-7-8-17(21)18(22)9-15)5-6-16-11-24(20(26)28-16)10-14-3-2-4-14/h7-9,14,16H,1-6,10-12H2,(H,23,25)/t16-/m1/s1. The lowest BCUT2D eigenvalue weighted by atomic mass is 9.85. The fourth-order valence-electron chi connectivity index (χ4n) is 3.21. The normalized spacial score (nSPS) is 19.1. The van der Waals surface area contributed by atoms with Gasteiger partial charge in [0.25, 0.3) is 5.91 Å². The van der Waals surface area contributed by atoms with E-state index in [0.717, 1.165) is 12.6 Å². The van der Waals surface area contributed by atoms with Crippen molar-refractivity contribution < 1.29 is 23.5 Å². The molecule has 2 amide bonds. The molecule has 0 radical (unpaired) electrons. The van der Waals surface area contributed by atoms with Crippen LogP contribution in [0.5, 0.6) is 5.75 Å². The summed E-state index contributed by atoms with van der Waals surface area (Å²) in [5.41, 5.74) is 0.518. The molecule has 0 spiro atoms. The van der Waals surface area contributed by atoms with Gasteiger partial charge >= 0.3 is 6.09 Å². The molecule has 2 aliphatic rings. The zero-order chi connectivity index (χ0) is 20.1. The molecule has 0 bridgehead atoms. The maximum atomic E-state index is 13.3. The minimum Gasteiger partial charge on any atom is -0.484 e. The van der Waals surface area contributed by atoms with Gasteiger partial charge in [-0.1, -0.05) is 24.6 Å². The van der Waals surface area contributed by atoms with Crippen LogP contribution in [0, 0.1) is 11.7 Å². The largest absolute Gasteiger partial charge is 0.484 e. The highest BCUT2D eigenvalue weighted by Gasteiger charge is 2.33. The molecule has 1 N–H and O–H groups in total. The third kappa shape index (κ3) is 5.61. The number of carbonyl (C=O) groups excluding carboxylic acids is 2. The lowest BCUT2D eigenvalue weighted by molar-refractivity contribution is -0.122. The molecular weight excluding hydrogens is 387 g/mol. The molecule has 1 aromatic rings. The maximum Gasteiger partial charge on any atom is 0.410 e. The molecule has 0 unspecified atom stereocenters. The van der Waals surface area contributed by atoms with E-state index in [2.05, 4.69) is 11.9 Å². The van der Waals surface area contributed by atoms with Crippen LogP contribution in [0.2, 0.25) is 5.02 Å². The summed E-state index contributed by atoms with van der Waals surface area (Å²) in [6.45, 7) is 4.91. The Hall–Kier alpha value is -2.28. The van der Waals surface area contributed by atoms with Crippen molar-refractivity contribution in [2.75, 3.05) is 19.7 Å². The van der Waals surface area contributed by atoms with Crippen molar-refractivity contribution in [3.63, 3.8) is 0 Å². The van der Waals surface area contributed by atoms with E-state index < -0.39 is 11.7 Å². The number of halogens is 2. The van der Waals surface area contributed by atoms with Gasteiger partial charge in [0.05, 0.1) is 11.6 Å². The molecule has 1 heterocycles. The summed E-state index contributed by atoms with van der Waals surface area (Å²) in [5, 5.41) is 2.63. The first kappa shape index (κ1) is 20.5. The van der Waals surface area contributed by atoms with Gasteiger partial charge in [-0.05, 0) is 43.7 Å². The predicted molar refractivity (Wildman–Crippen MR) is 103 cm³/mol. The van der Waals surface area contributed by atoms with Gasteiger partial charge in [0.15, 0.2) is 6.61 Å². The molecule has 0 aromatic heterocycles. The molecule has 1 aliphatic carbocycles. The monoisotopic (exact) mass is 410 g/mol. The lowest BCUT2D eigenvalue weighted by Gasteiger charge is -2.28. The van der Waals surface area contributed by atoms with Crippen molar-refractivity contribution in [1.82, 2.24) is 10.2 Å². The Morgan fingerprint density at radius 1 is 1.43 bits per heavy atom. The highest BCUT2D eigenvalue weighted by atomic mass is 35.5. The molecule has 1 aliphatic heterocycles. The summed E-state index contributed by atoms with van der Waals surface area (Å²) in [5.74, 6) is -0.182. The van der Waals surface area contributed by atoms with Crippen molar-refractivity contribution in [3.8, 4) is 5.75 Å². The summed E-state index contributed by atoms with van der Waals surface area (Å²) in [7, 11) is 0. The second-order valence-corrected chi connectivity index (χ2v) is 7.67. The zero-order valence-corrected chi connectivity index (χ0v) is 16.3. The molecule has 28 heavy (non-hydrogen) atoms. The van der Waals surface area contributed by atoms with E-state index in [4.69, 9.17) is 21.1 Å². The van der Waals surface area contributed by atoms with Crippen LogP contribution in [0.4, 0.5) is 9.18 Å². The molecular formula is C20H24ClFN2O4. The molecule has 2 fully saturated rings. The predicted octanol–water partition coefficient (Wildman–Crippen LogP) is 3.89. The van der Waals surface area contributed by atoms with Crippen LogP contribution in [0.15, 0.2) is 30.5 Å². The lowest BCUT2D eigenvalue weighted by Crippen LogP contribution is -2.33. The zero-order valence-electron chi connectivity index (χ0n) is 15.6. The van der Waals surface area contributed by atoms with Crippen molar-refractivity contribution in [2.24, 2.45) is 5.92 Å². The Morgan fingerprint density at radius 3 is 2.89 bits per heavy atom. The Morgan fingerprint density at radius 2 is 2.21 bits per heavy atom. The van der Waals surface area contributed by atoms with Gasteiger partial charge in [-0.25, -0.2) is 9.18 Å². The Kier molecular flexibility index (Phi) is 6.78. The average Bonchev–Trinajstić information content (AvgIpc) is 2.97. The second kappa shape index (κ2) is 9.28. The third-order valence-corrected chi connectivity index (χ3v) is 5.30. The smallest absolute Gasteiger partial charge is 0.410 e. The van der Waals surface area contributed by atoms with Crippen LogP contribution in [-0.4, -0.2) is 42.7 Å². The molecule has 3 rings (SSSR count). The maximum absolute atomic E-state index is 13.3. The number of nitrogens with zero attached hydrogens (tertiary/aromatic N) is 1. The van der Waals surface area contributed by atoms with Crippen LogP contribution in [0.3, 0.4) is 0 Å². The highest BCUT2D eigenvalue weighted by molar-refractivity contribution is 6.30. The number of cyclic esters (lactones) is 1. The summed E-state index contributed by atoms with van der Waals surface area (Å²) >= 11 is 5.60. The van der Waals surface area contributed by atoms with Gasteiger partial charge in [-0.3, -0.25) is 4.79 Å². The van der Waals surface area contributed by atoms with E-state index in [1.54, 1.807) is 4.90 Å². The summed E-state index contributed by atoms with van der Waals surface area (Å²) in [6.07, 6.45) is 4.26. The van der Waals surface area contributed by atoms with E-state index in [0.29, 0.717) is 31.0 Å². The molecule has 1 saturated carbocycles. The fraction of sp³-hybridized carbons (Fsp3) is 0.500. The number of ether oxygens (including phenoxy) is 2. The van der Waals surface area contributed by atoms with Crippen molar-refractivity contribution in [3.05, 3.63) is 41.3 Å². The van der Waals surface area contributed by atoms with Crippen molar-refractivity contribution >= 4 is 23.6 Å². The van der Waals surface area contributed by atoms with Crippen LogP contribution >= 0.6 is 11.6 Å². The van der Waals surface area contributed by atoms with Gasteiger partial charge in [0.2, 0.25) is 0 Å². The van der Waals surface area contributed by atoms with Gasteiger partial charge in [-0.2, -0.15) is 0 Å². The van der Waals surface area contributed by atoms with Crippen LogP contribution in [0.1, 0.15) is 32.1 Å². The number of amides is 2. The van der Waals surface area contributed by atoms with Gasteiger partial charge in [0.1, 0.15) is 17.7 Å². The van der Waals surface area contributed by atoms with Gasteiger partial charge in [0, 0.05) is 18.3 Å². The fourth-order valence-corrected chi connectivity index (χ4v) is 3.33. The van der Waals surface area contributed by atoms with Gasteiger partial charge < -0.3 is 19.7 Å².